The molecule has 0 spiro atoms. The van der Waals surface area contributed by atoms with Crippen LogP contribution < -0.4 is 16.4 Å². The number of nitrogens with two attached hydrogens (primary N) is 2. The Bertz CT molecular complexity index is 1090. The van der Waals surface area contributed by atoms with Gasteiger partial charge in [-0.15, -0.1) is 12.4 Å². The van der Waals surface area contributed by atoms with Gasteiger partial charge >= 0.3 is 0 Å². The predicted molar refractivity (Wildman–Crippen MR) is 116 cm³/mol. The summed E-state index contributed by atoms with van der Waals surface area (Å²) in [5.74, 6) is 0.612. The van der Waals surface area contributed by atoms with Gasteiger partial charge in [0.25, 0.3) is 0 Å². The summed E-state index contributed by atoms with van der Waals surface area (Å²) < 4.78 is 0. The first kappa shape index (κ1) is 18.7. The Balaban J connectivity index is 0.00000210. The monoisotopic (exact) mass is 379 g/mol. The van der Waals surface area contributed by atoms with Crippen LogP contribution in [0.25, 0.3) is 21.7 Å². The zero-order chi connectivity index (χ0) is 18.1. The van der Waals surface area contributed by atoms with E-state index in [-0.39, 0.29) is 18.4 Å². The minimum atomic E-state index is 0. The highest BCUT2D eigenvalue weighted by Crippen LogP contribution is 2.27. The SMILES string of the molecule is CCN(Cc1cccc2ccccc12)c1ccc2nc(N)nc(N)c2c1.Cl. The Kier molecular flexibility index (Phi) is 5.33. The summed E-state index contributed by atoms with van der Waals surface area (Å²) in [6, 6.07) is 21.0. The number of hydrogen-bond donors (Lipinski definition) is 2. The molecule has 0 aliphatic carbocycles. The van der Waals surface area contributed by atoms with E-state index in [1.807, 2.05) is 12.1 Å². The second-order valence-electron chi connectivity index (χ2n) is 6.32. The van der Waals surface area contributed by atoms with E-state index in [9.17, 15) is 0 Å². The van der Waals surface area contributed by atoms with Crippen LogP contribution in [0.2, 0.25) is 0 Å². The largest absolute Gasteiger partial charge is 0.383 e. The third-order valence-electron chi connectivity index (χ3n) is 4.71. The second kappa shape index (κ2) is 7.68. The van der Waals surface area contributed by atoms with Gasteiger partial charge in [-0.3, -0.25) is 0 Å². The van der Waals surface area contributed by atoms with Crippen molar-refractivity contribution in [1.82, 2.24) is 9.97 Å². The van der Waals surface area contributed by atoms with Crippen molar-refractivity contribution in [2.45, 2.75) is 13.5 Å². The maximum atomic E-state index is 6.04. The lowest BCUT2D eigenvalue weighted by Gasteiger charge is -2.24. The van der Waals surface area contributed by atoms with Gasteiger partial charge in [-0.1, -0.05) is 42.5 Å². The first-order valence-electron chi connectivity index (χ1n) is 8.70. The number of benzene rings is 3. The van der Waals surface area contributed by atoms with Crippen molar-refractivity contribution in [2.75, 3.05) is 22.9 Å². The number of nitrogen functional groups attached to an aromatic ring is 2. The molecular formula is C21H22ClN5. The molecule has 0 saturated heterocycles. The summed E-state index contributed by atoms with van der Waals surface area (Å²) in [6.07, 6.45) is 0. The van der Waals surface area contributed by atoms with Gasteiger partial charge in [0.2, 0.25) is 5.95 Å². The van der Waals surface area contributed by atoms with Crippen molar-refractivity contribution >= 4 is 51.5 Å². The van der Waals surface area contributed by atoms with Crippen molar-refractivity contribution in [3.05, 3.63) is 66.2 Å². The fraction of sp³-hybridized carbons (Fsp3) is 0.143. The van der Waals surface area contributed by atoms with Crippen molar-refractivity contribution in [3.63, 3.8) is 0 Å². The molecule has 3 aromatic carbocycles. The zero-order valence-corrected chi connectivity index (χ0v) is 15.9. The number of hydrogen-bond acceptors (Lipinski definition) is 5. The van der Waals surface area contributed by atoms with Gasteiger partial charge < -0.3 is 16.4 Å². The van der Waals surface area contributed by atoms with Crippen LogP contribution in [0, 0.1) is 0 Å². The van der Waals surface area contributed by atoms with Gasteiger partial charge in [-0.25, -0.2) is 4.98 Å². The van der Waals surface area contributed by atoms with E-state index in [1.165, 1.54) is 16.3 Å². The highest BCUT2D eigenvalue weighted by atomic mass is 35.5. The highest BCUT2D eigenvalue weighted by molar-refractivity contribution is 5.92. The molecule has 0 aliphatic rings. The van der Waals surface area contributed by atoms with E-state index in [0.717, 1.165) is 29.7 Å². The number of rotatable bonds is 4. The Morgan fingerprint density at radius 1 is 0.889 bits per heavy atom. The van der Waals surface area contributed by atoms with Gasteiger partial charge in [0.15, 0.2) is 0 Å². The second-order valence-corrected chi connectivity index (χ2v) is 6.32. The molecule has 0 bridgehead atoms. The first-order chi connectivity index (χ1) is 12.7. The predicted octanol–water partition coefficient (Wildman–Crippen LogP) is 4.40. The van der Waals surface area contributed by atoms with Crippen LogP contribution >= 0.6 is 12.4 Å². The first-order valence-corrected chi connectivity index (χ1v) is 8.70. The van der Waals surface area contributed by atoms with Crippen LogP contribution in [-0.4, -0.2) is 16.5 Å². The summed E-state index contributed by atoms with van der Waals surface area (Å²) in [4.78, 5) is 10.7. The summed E-state index contributed by atoms with van der Waals surface area (Å²) in [5.41, 5.74) is 14.9. The summed E-state index contributed by atoms with van der Waals surface area (Å²) in [5, 5.41) is 3.37. The van der Waals surface area contributed by atoms with Crippen LogP contribution in [-0.2, 0) is 6.54 Å². The van der Waals surface area contributed by atoms with Gasteiger partial charge in [0.1, 0.15) is 5.82 Å². The number of fused-ring (bicyclic) bond motifs is 2. The Morgan fingerprint density at radius 2 is 1.67 bits per heavy atom. The summed E-state index contributed by atoms with van der Waals surface area (Å²) in [6.45, 7) is 3.85. The molecule has 0 unspecified atom stereocenters. The molecule has 6 heteroatoms. The lowest BCUT2D eigenvalue weighted by molar-refractivity contribution is 0.837. The molecule has 0 radical (unpaired) electrons. The Hall–Kier alpha value is -3.05. The molecule has 138 valence electrons. The maximum Gasteiger partial charge on any atom is 0.222 e. The molecule has 4 rings (SSSR count). The molecule has 1 heterocycles. The van der Waals surface area contributed by atoms with E-state index >= 15 is 0 Å². The van der Waals surface area contributed by atoms with Crippen molar-refractivity contribution < 1.29 is 0 Å². The summed E-state index contributed by atoms with van der Waals surface area (Å²) >= 11 is 0. The molecule has 4 aromatic rings. The lowest BCUT2D eigenvalue weighted by Crippen LogP contribution is -2.22. The van der Waals surface area contributed by atoms with Gasteiger partial charge in [0, 0.05) is 24.2 Å². The van der Waals surface area contributed by atoms with Crippen LogP contribution in [0.15, 0.2) is 60.7 Å². The van der Waals surface area contributed by atoms with E-state index < -0.39 is 0 Å². The van der Waals surface area contributed by atoms with Gasteiger partial charge in [-0.05, 0) is 41.5 Å². The van der Waals surface area contributed by atoms with E-state index in [4.69, 9.17) is 11.5 Å². The molecule has 0 fully saturated rings. The van der Waals surface area contributed by atoms with E-state index in [2.05, 4.69) is 70.3 Å². The standard InChI is InChI=1S/C21H21N5.ClH/c1-2-26(13-15-8-5-7-14-6-3-4-9-17(14)15)16-10-11-19-18(12-16)20(22)25-21(23)24-19;/h3-12H,2,13H2,1H3,(H4,22,23,24,25);1H. The number of anilines is 3. The highest BCUT2D eigenvalue weighted by Gasteiger charge is 2.11. The van der Waals surface area contributed by atoms with Gasteiger partial charge in [-0.2, -0.15) is 4.98 Å². The Labute approximate surface area is 164 Å². The quantitative estimate of drug-likeness (QED) is 0.549. The minimum Gasteiger partial charge on any atom is -0.383 e. The van der Waals surface area contributed by atoms with Crippen LogP contribution in [0.5, 0.6) is 0 Å². The lowest BCUT2D eigenvalue weighted by atomic mass is 10.0. The molecular weight excluding hydrogens is 358 g/mol. The van der Waals surface area contributed by atoms with Crippen LogP contribution in [0.4, 0.5) is 17.5 Å². The van der Waals surface area contributed by atoms with Crippen molar-refractivity contribution in [1.29, 1.82) is 0 Å². The normalized spacial score (nSPS) is 10.7. The average Bonchev–Trinajstić information content (AvgIpc) is 2.66. The minimum absolute atomic E-state index is 0. The molecule has 0 saturated carbocycles. The molecule has 5 nitrogen and oxygen atoms in total. The number of halogens is 1. The number of nitrogens with zero attached hydrogens (tertiary/aromatic N) is 3. The van der Waals surface area contributed by atoms with Gasteiger partial charge in [0.05, 0.1) is 5.52 Å². The number of aromatic nitrogens is 2. The van der Waals surface area contributed by atoms with Crippen molar-refractivity contribution in [2.24, 2.45) is 0 Å². The smallest absolute Gasteiger partial charge is 0.222 e. The summed E-state index contributed by atoms with van der Waals surface area (Å²) in [7, 11) is 0. The third-order valence-corrected chi connectivity index (χ3v) is 4.71. The molecule has 0 aliphatic heterocycles. The fourth-order valence-corrected chi connectivity index (χ4v) is 3.38. The maximum absolute atomic E-state index is 6.04. The topological polar surface area (TPSA) is 81.1 Å². The average molecular weight is 380 g/mol. The third kappa shape index (κ3) is 3.59. The van der Waals surface area contributed by atoms with Crippen LogP contribution in [0.1, 0.15) is 12.5 Å². The van der Waals surface area contributed by atoms with E-state index in [0.29, 0.717) is 5.82 Å². The Morgan fingerprint density at radius 3 is 2.48 bits per heavy atom. The molecule has 27 heavy (non-hydrogen) atoms. The molecule has 4 N–H and O–H groups in total. The van der Waals surface area contributed by atoms with Crippen LogP contribution in [0.3, 0.4) is 0 Å². The fourth-order valence-electron chi connectivity index (χ4n) is 3.38. The molecule has 0 amide bonds. The molecule has 0 atom stereocenters. The zero-order valence-electron chi connectivity index (χ0n) is 15.1. The van der Waals surface area contributed by atoms with E-state index in [1.54, 1.807) is 0 Å². The molecule has 1 aromatic heterocycles. The van der Waals surface area contributed by atoms with Crippen molar-refractivity contribution in [3.8, 4) is 0 Å².